The minimum Gasteiger partial charge on any atom is -0.495 e. The quantitative estimate of drug-likeness (QED) is 0.286. The maximum Gasteiger partial charge on any atom is 0.229 e. The molecule has 11 heteroatoms. The summed E-state index contributed by atoms with van der Waals surface area (Å²) < 4.78 is 19.6. The lowest BCUT2D eigenvalue weighted by Gasteiger charge is -2.31. The number of ether oxygens (including phenoxy) is 1. The van der Waals surface area contributed by atoms with E-state index in [-0.39, 0.29) is 0 Å². The molecular formula is C26H29BrN7O2P. The molecule has 9 nitrogen and oxygen atoms in total. The molecule has 0 bridgehead atoms. The predicted octanol–water partition coefficient (Wildman–Crippen LogP) is 5.48. The number of hydrogen-bond acceptors (Lipinski definition) is 9. The normalized spacial score (nSPS) is 15.9. The van der Waals surface area contributed by atoms with Gasteiger partial charge < -0.3 is 24.8 Å². The highest BCUT2D eigenvalue weighted by Crippen LogP contribution is 2.41. The van der Waals surface area contributed by atoms with Crippen LogP contribution in [-0.2, 0) is 11.1 Å². The summed E-state index contributed by atoms with van der Waals surface area (Å²) in [5.41, 5.74) is 5.33. The summed E-state index contributed by atoms with van der Waals surface area (Å²) in [5, 5.41) is 7.31. The molecule has 0 amide bonds. The molecule has 0 radical (unpaired) electrons. The van der Waals surface area contributed by atoms with Crippen LogP contribution in [0.15, 0.2) is 47.3 Å². The molecule has 1 aliphatic heterocycles. The van der Waals surface area contributed by atoms with Crippen LogP contribution in [0.2, 0.25) is 0 Å². The third-order valence-electron chi connectivity index (χ3n) is 6.41. The molecule has 3 heterocycles. The van der Waals surface area contributed by atoms with Crippen molar-refractivity contribution in [1.29, 1.82) is 0 Å². The number of halogens is 1. The second kappa shape index (κ2) is 10.0. The summed E-state index contributed by atoms with van der Waals surface area (Å²) in [6.45, 7) is 7.57. The standard InChI is InChI=1S/C26H29BrN7O2P/c1-15-13-34(2)14-16-10-22(36-3)21(11-17(15)16)32-26-30-12-18(27)25(33-26)31-20-7-6-19-23(29-9-8-28-19)24(20)37(4,5)35/h6-12,15H,13-14H2,1-5H3,(H2,30,31,32,33)/t15-/m0/s1. The molecule has 1 atom stereocenters. The van der Waals surface area contributed by atoms with Crippen LogP contribution in [0.25, 0.3) is 11.0 Å². The molecule has 2 N–H and O–H groups in total. The van der Waals surface area contributed by atoms with Gasteiger partial charge in [-0.3, -0.25) is 9.97 Å². The summed E-state index contributed by atoms with van der Waals surface area (Å²) in [7, 11) is 1.08. The Hall–Kier alpha value is -3.07. The molecule has 0 fully saturated rings. The van der Waals surface area contributed by atoms with Crippen molar-refractivity contribution in [3.63, 3.8) is 0 Å². The number of benzene rings is 2. The second-order valence-corrected chi connectivity index (χ2v) is 13.7. The van der Waals surface area contributed by atoms with Gasteiger partial charge in [-0.2, -0.15) is 4.98 Å². The number of likely N-dealkylation sites (N-methyl/N-ethyl adjacent to an activating group) is 1. The lowest BCUT2D eigenvalue weighted by molar-refractivity contribution is 0.287. The lowest BCUT2D eigenvalue weighted by atomic mass is 9.90. The summed E-state index contributed by atoms with van der Waals surface area (Å²) in [4.78, 5) is 20.3. The molecule has 2 aromatic carbocycles. The predicted molar refractivity (Wildman–Crippen MR) is 153 cm³/mol. The first kappa shape index (κ1) is 25.6. The maximum absolute atomic E-state index is 13.3. The summed E-state index contributed by atoms with van der Waals surface area (Å²) >= 11 is 3.55. The van der Waals surface area contributed by atoms with E-state index < -0.39 is 7.14 Å². The number of methoxy groups -OCH3 is 1. The van der Waals surface area contributed by atoms with Crippen LogP contribution in [0.1, 0.15) is 24.0 Å². The van der Waals surface area contributed by atoms with Gasteiger partial charge in [0.15, 0.2) is 0 Å². The Morgan fingerprint density at radius 2 is 1.89 bits per heavy atom. The van der Waals surface area contributed by atoms with Gasteiger partial charge >= 0.3 is 0 Å². The number of fused-ring (bicyclic) bond motifs is 2. The van der Waals surface area contributed by atoms with Gasteiger partial charge in [0, 0.05) is 31.7 Å². The Morgan fingerprint density at radius 3 is 2.65 bits per heavy atom. The zero-order chi connectivity index (χ0) is 26.3. The van der Waals surface area contributed by atoms with Crippen molar-refractivity contribution in [2.75, 3.05) is 44.7 Å². The van der Waals surface area contributed by atoms with Crippen molar-refractivity contribution in [1.82, 2.24) is 24.8 Å². The van der Waals surface area contributed by atoms with Gasteiger partial charge in [0.05, 0.1) is 33.8 Å². The Balaban J connectivity index is 1.51. The molecule has 0 aliphatic carbocycles. The average Bonchev–Trinajstić information content (AvgIpc) is 2.85. The SMILES string of the molecule is COc1cc2c(cc1Nc1ncc(Br)c(Nc3ccc4nccnc4c3P(C)(C)=O)n1)[C@@H](C)CN(C)C2. The van der Waals surface area contributed by atoms with E-state index in [2.05, 4.69) is 72.5 Å². The molecule has 0 saturated carbocycles. The fourth-order valence-electron chi connectivity index (χ4n) is 4.85. The van der Waals surface area contributed by atoms with Crippen molar-refractivity contribution in [3.8, 4) is 5.75 Å². The van der Waals surface area contributed by atoms with Crippen LogP contribution >= 0.6 is 23.1 Å². The summed E-state index contributed by atoms with van der Waals surface area (Å²) in [6, 6.07) is 7.94. The minimum atomic E-state index is -2.71. The molecule has 0 unspecified atom stereocenters. The molecule has 0 spiro atoms. The highest BCUT2D eigenvalue weighted by atomic mass is 79.9. The van der Waals surface area contributed by atoms with E-state index in [1.54, 1.807) is 39.0 Å². The first-order chi connectivity index (χ1) is 17.6. The fourth-order valence-corrected chi connectivity index (χ4v) is 6.54. The Bertz CT molecular complexity index is 1540. The Kier molecular flexibility index (Phi) is 6.91. The second-order valence-electron chi connectivity index (χ2n) is 9.73. The van der Waals surface area contributed by atoms with Crippen LogP contribution in [0.3, 0.4) is 0 Å². The number of anilines is 4. The van der Waals surface area contributed by atoms with Gasteiger partial charge in [-0.25, -0.2) is 4.98 Å². The van der Waals surface area contributed by atoms with E-state index in [0.717, 1.165) is 24.5 Å². The zero-order valence-corrected chi connectivity index (χ0v) is 23.9. The van der Waals surface area contributed by atoms with E-state index in [9.17, 15) is 4.57 Å². The van der Waals surface area contributed by atoms with E-state index in [4.69, 9.17) is 9.72 Å². The van der Waals surface area contributed by atoms with Gasteiger partial charge in [-0.15, -0.1) is 0 Å². The van der Waals surface area contributed by atoms with Crippen LogP contribution in [0.4, 0.5) is 23.1 Å². The minimum absolute atomic E-state index is 0.400. The molecule has 5 rings (SSSR count). The molecule has 37 heavy (non-hydrogen) atoms. The number of hydrogen-bond donors (Lipinski definition) is 2. The molecular weight excluding hydrogens is 553 g/mol. The molecule has 192 valence electrons. The highest BCUT2D eigenvalue weighted by Gasteiger charge is 2.24. The molecule has 1 aliphatic rings. The Labute approximate surface area is 224 Å². The average molecular weight is 582 g/mol. The maximum atomic E-state index is 13.3. The summed E-state index contributed by atoms with van der Waals surface area (Å²) in [6.07, 6.45) is 4.92. The molecule has 4 aromatic rings. The van der Waals surface area contributed by atoms with E-state index in [0.29, 0.717) is 44.2 Å². The third-order valence-corrected chi connectivity index (χ3v) is 8.52. The fraction of sp³-hybridized carbons (Fsp3) is 0.308. The van der Waals surface area contributed by atoms with Crippen LogP contribution in [0.5, 0.6) is 5.75 Å². The zero-order valence-electron chi connectivity index (χ0n) is 21.4. The third kappa shape index (κ3) is 5.19. The van der Waals surface area contributed by atoms with Gasteiger partial charge in [0.1, 0.15) is 24.2 Å². The van der Waals surface area contributed by atoms with Crippen LogP contribution in [-0.4, -0.2) is 58.9 Å². The van der Waals surface area contributed by atoms with Crippen molar-refractivity contribution in [2.45, 2.75) is 19.4 Å². The van der Waals surface area contributed by atoms with E-state index in [1.165, 1.54) is 11.1 Å². The van der Waals surface area contributed by atoms with Gasteiger partial charge in [0.25, 0.3) is 0 Å². The number of rotatable bonds is 6. The lowest BCUT2D eigenvalue weighted by Crippen LogP contribution is -2.29. The number of nitrogens with one attached hydrogen (secondary N) is 2. The van der Waals surface area contributed by atoms with E-state index in [1.807, 2.05) is 12.1 Å². The van der Waals surface area contributed by atoms with Crippen molar-refractivity contribution in [2.24, 2.45) is 0 Å². The van der Waals surface area contributed by atoms with Gasteiger partial charge in [-0.05, 0) is 77.6 Å². The Morgan fingerprint density at radius 1 is 1.11 bits per heavy atom. The van der Waals surface area contributed by atoms with Crippen molar-refractivity contribution in [3.05, 3.63) is 58.5 Å². The molecule has 0 saturated heterocycles. The van der Waals surface area contributed by atoms with Gasteiger partial charge in [0.2, 0.25) is 5.95 Å². The van der Waals surface area contributed by atoms with Crippen LogP contribution < -0.4 is 20.7 Å². The number of aromatic nitrogens is 4. The highest BCUT2D eigenvalue weighted by molar-refractivity contribution is 9.10. The first-order valence-electron chi connectivity index (χ1n) is 11.9. The topological polar surface area (TPSA) is 105 Å². The molecule has 2 aromatic heterocycles. The smallest absolute Gasteiger partial charge is 0.229 e. The largest absolute Gasteiger partial charge is 0.495 e. The van der Waals surface area contributed by atoms with Crippen LogP contribution in [0, 0.1) is 0 Å². The first-order valence-corrected chi connectivity index (χ1v) is 15.3. The monoisotopic (exact) mass is 581 g/mol. The van der Waals surface area contributed by atoms with Crippen molar-refractivity contribution < 1.29 is 9.30 Å². The van der Waals surface area contributed by atoms with Gasteiger partial charge in [-0.1, -0.05) is 6.92 Å². The van der Waals surface area contributed by atoms with Crippen molar-refractivity contribution >= 4 is 62.6 Å². The van der Waals surface area contributed by atoms with E-state index >= 15 is 0 Å². The summed E-state index contributed by atoms with van der Waals surface area (Å²) in [5.74, 6) is 2.07. The number of nitrogens with zero attached hydrogens (tertiary/aromatic N) is 5.